The molecule has 0 aliphatic rings. The summed E-state index contributed by atoms with van der Waals surface area (Å²) in [5.74, 6) is -0.00146. The van der Waals surface area contributed by atoms with Crippen LogP contribution in [0.25, 0.3) is 0 Å². The van der Waals surface area contributed by atoms with E-state index in [1.54, 1.807) is 11.5 Å². The van der Waals surface area contributed by atoms with Gasteiger partial charge in [-0.15, -0.1) is 0 Å². The summed E-state index contributed by atoms with van der Waals surface area (Å²) in [6.45, 7) is 9.34. The van der Waals surface area contributed by atoms with Gasteiger partial charge in [0.05, 0.1) is 11.9 Å². The molecule has 0 aromatic carbocycles. The van der Waals surface area contributed by atoms with Gasteiger partial charge in [-0.2, -0.15) is 0 Å². The normalized spacial score (nSPS) is 17.1. The van der Waals surface area contributed by atoms with Crippen molar-refractivity contribution in [3.05, 3.63) is 12.5 Å². The second kappa shape index (κ2) is 6.24. The largest absolute Gasteiger partial charge is 0.389 e. The Labute approximate surface area is 121 Å². The summed E-state index contributed by atoms with van der Waals surface area (Å²) in [6.07, 6.45) is 3.76. The van der Waals surface area contributed by atoms with Crippen LogP contribution in [-0.4, -0.2) is 35.2 Å². The molecule has 1 aromatic rings. The Hall–Kier alpha value is -0.920. The molecule has 0 radical (unpaired) electrons. The number of hydrogen-bond acceptors (Lipinski definition) is 4. The minimum Gasteiger partial charge on any atom is -0.389 e. The zero-order valence-corrected chi connectivity index (χ0v) is 13.6. The lowest BCUT2D eigenvalue weighted by Gasteiger charge is -2.29. The molecule has 2 N–H and O–H groups in total. The molecule has 2 atom stereocenters. The number of aliphatic hydroxyl groups is 1. The van der Waals surface area contributed by atoms with Crippen LogP contribution in [0.3, 0.4) is 0 Å². The Morgan fingerprint density at radius 3 is 2.50 bits per heavy atom. The van der Waals surface area contributed by atoms with Crippen LogP contribution in [0.4, 0.5) is 0 Å². The molecule has 2 unspecified atom stereocenters. The molecule has 7 heteroatoms. The van der Waals surface area contributed by atoms with E-state index in [1.807, 2.05) is 27.7 Å². The molecular weight excluding hydrogens is 278 g/mol. The zero-order chi connectivity index (χ0) is 15.6. The Morgan fingerprint density at radius 1 is 1.45 bits per heavy atom. The minimum atomic E-state index is -3.69. The highest BCUT2D eigenvalue weighted by atomic mass is 32.2. The van der Waals surface area contributed by atoms with Gasteiger partial charge in [0.1, 0.15) is 0 Å². The monoisotopic (exact) mass is 303 g/mol. The van der Waals surface area contributed by atoms with Crippen molar-refractivity contribution in [2.45, 2.75) is 57.7 Å². The second-order valence-electron chi connectivity index (χ2n) is 5.74. The van der Waals surface area contributed by atoms with E-state index in [0.29, 0.717) is 0 Å². The average Bonchev–Trinajstić information content (AvgIpc) is 2.86. The molecular formula is C13H25N3O3S. The number of nitrogens with one attached hydrogen (secondary N) is 1. The maximum absolute atomic E-state index is 12.1. The number of hydrogen-bond donors (Lipinski definition) is 2. The maximum atomic E-state index is 12.1. The summed E-state index contributed by atoms with van der Waals surface area (Å²) in [4.78, 5) is 3.91. The van der Waals surface area contributed by atoms with Crippen LogP contribution < -0.4 is 4.72 Å². The van der Waals surface area contributed by atoms with Crippen LogP contribution in [0, 0.1) is 5.92 Å². The highest BCUT2D eigenvalue weighted by Crippen LogP contribution is 2.20. The van der Waals surface area contributed by atoms with Crippen molar-refractivity contribution in [2.24, 2.45) is 5.92 Å². The highest BCUT2D eigenvalue weighted by Gasteiger charge is 2.29. The van der Waals surface area contributed by atoms with Gasteiger partial charge in [-0.3, -0.25) is 0 Å². The highest BCUT2D eigenvalue weighted by molar-refractivity contribution is 7.89. The van der Waals surface area contributed by atoms with Crippen LogP contribution in [0.15, 0.2) is 17.6 Å². The quantitative estimate of drug-likeness (QED) is 0.800. The predicted molar refractivity (Wildman–Crippen MR) is 77.9 cm³/mol. The van der Waals surface area contributed by atoms with E-state index >= 15 is 0 Å². The Balaban J connectivity index is 2.80. The minimum absolute atomic E-state index is 0.00146. The van der Waals surface area contributed by atoms with Crippen molar-refractivity contribution in [2.75, 3.05) is 6.54 Å². The van der Waals surface area contributed by atoms with Crippen LogP contribution >= 0.6 is 0 Å². The van der Waals surface area contributed by atoms with Gasteiger partial charge >= 0.3 is 0 Å². The Bertz CT molecular complexity index is 535. The van der Waals surface area contributed by atoms with Gasteiger partial charge in [-0.05, 0) is 26.7 Å². The maximum Gasteiger partial charge on any atom is 0.259 e. The summed E-state index contributed by atoms with van der Waals surface area (Å²) in [7, 11) is -3.69. The van der Waals surface area contributed by atoms with E-state index in [9.17, 15) is 13.5 Å². The lowest BCUT2D eigenvalue weighted by Crippen LogP contribution is -2.45. The van der Waals surface area contributed by atoms with Gasteiger partial charge in [0.2, 0.25) is 0 Å². The number of sulfonamides is 1. The molecule has 1 heterocycles. The molecule has 20 heavy (non-hydrogen) atoms. The van der Waals surface area contributed by atoms with Gasteiger partial charge in [0.15, 0.2) is 5.03 Å². The van der Waals surface area contributed by atoms with Crippen LogP contribution in [-0.2, 0) is 10.0 Å². The SMILES string of the molecule is CCC(C)C(C)(O)CNS(=O)(=O)c1cn(C(C)C)cn1. The van der Waals surface area contributed by atoms with Crippen molar-refractivity contribution in [1.29, 1.82) is 0 Å². The molecule has 116 valence electrons. The van der Waals surface area contributed by atoms with Crippen molar-refractivity contribution in [3.8, 4) is 0 Å². The molecule has 0 spiro atoms. The molecule has 0 fully saturated rings. The number of aromatic nitrogens is 2. The van der Waals surface area contributed by atoms with Crippen molar-refractivity contribution < 1.29 is 13.5 Å². The van der Waals surface area contributed by atoms with Crippen LogP contribution in [0.2, 0.25) is 0 Å². The van der Waals surface area contributed by atoms with Gasteiger partial charge in [0, 0.05) is 18.8 Å². The van der Waals surface area contributed by atoms with Gasteiger partial charge in [-0.25, -0.2) is 18.1 Å². The molecule has 1 rings (SSSR count). The summed E-state index contributed by atoms with van der Waals surface area (Å²) in [5.41, 5.74) is -1.08. The fourth-order valence-corrected chi connectivity index (χ4v) is 2.74. The molecule has 0 aliphatic heterocycles. The van der Waals surface area contributed by atoms with Crippen molar-refractivity contribution in [1.82, 2.24) is 14.3 Å². The zero-order valence-electron chi connectivity index (χ0n) is 12.8. The van der Waals surface area contributed by atoms with Gasteiger partial charge < -0.3 is 9.67 Å². The third-order valence-corrected chi connectivity index (χ3v) is 5.03. The number of nitrogens with zero attached hydrogens (tertiary/aromatic N) is 2. The third kappa shape index (κ3) is 4.04. The molecule has 0 saturated heterocycles. The number of imidazole rings is 1. The summed E-state index contributed by atoms with van der Waals surface area (Å²) in [6, 6.07) is 0.148. The van der Waals surface area contributed by atoms with Crippen molar-refractivity contribution in [3.63, 3.8) is 0 Å². The smallest absolute Gasteiger partial charge is 0.259 e. The first kappa shape index (κ1) is 17.1. The molecule has 6 nitrogen and oxygen atoms in total. The molecule has 0 saturated carbocycles. The lowest BCUT2D eigenvalue weighted by molar-refractivity contribution is 0.0102. The molecule has 0 bridgehead atoms. The summed E-state index contributed by atoms with van der Waals surface area (Å²) in [5, 5.41) is 10.2. The van der Waals surface area contributed by atoms with Crippen LogP contribution in [0.5, 0.6) is 0 Å². The predicted octanol–water partition coefficient (Wildman–Crippen LogP) is 1.54. The fourth-order valence-electron chi connectivity index (χ4n) is 1.67. The summed E-state index contributed by atoms with van der Waals surface area (Å²) < 4.78 is 28.4. The summed E-state index contributed by atoms with van der Waals surface area (Å²) >= 11 is 0. The van der Waals surface area contributed by atoms with Gasteiger partial charge in [0.25, 0.3) is 10.0 Å². The Morgan fingerprint density at radius 2 is 2.05 bits per heavy atom. The molecule has 0 aliphatic carbocycles. The second-order valence-corrected chi connectivity index (χ2v) is 7.46. The fraction of sp³-hybridized carbons (Fsp3) is 0.769. The number of rotatable bonds is 7. The average molecular weight is 303 g/mol. The van der Waals surface area contributed by atoms with E-state index in [0.717, 1.165) is 6.42 Å². The topological polar surface area (TPSA) is 84.2 Å². The molecule has 1 aromatic heterocycles. The first-order chi connectivity index (χ1) is 9.10. The Kier molecular flexibility index (Phi) is 5.34. The van der Waals surface area contributed by atoms with E-state index in [-0.39, 0.29) is 23.5 Å². The van der Waals surface area contributed by atoms with E-state index < -0.39 is 15.6 Å². The van der Waals surface area contributed by atoms with E-state index in [2.05, 4.69) is 9.71 Å². The lowest BCUT2D eigenvalue weighted by atomic mass is 9.89. The van der Waals surface area contributed by atoms with Crippen LogP contribution in [0.1, 0.15) is 47.1 Å². The van der Waals surface area contributed by atoms with E-state index in [4.69, 9.17) is 0 Å². The molecule has 0 amide bonds. The standard InChI is InChI=1S/C13H25N3O3S/c1-6-11(4)13(5,17)8-15-20(18,19)12-7-16(9-14-12)10(2)3/h7,9-11,15,17H,6,8H2,1-5H3. The van der Waals surface area contributed by atoms with Gasteiger partial charge in [-0.1, -0.05) is 20.3 Å². The van der Waals surface area contributed by atoms with Crippen molar-refractivity contribution >= 4 is 10.0 Å². The first-order valence-electron chi connectivity index (χ1n) is 6.85. The van der Waals surface area contributed by atoms with E-state index in [1.165, 1.54) is 12.5 Å². The third-order valence-electron chi connectivity index (χ3n) is 3.74. The first-order valence-corrected chi connectivity index (χ1v) is 8.34.